The van der Waals surface area contributed by atoms with Gasteiger partial charge in [0, 0.05) is 23.2 Å². The lowest BCUT2D eigenvalue weighted by molar-refractivity contribution is 0.0951. The fourth-order valence-corrected chi connectivity index (χ4v) is 4.91. The van der Waals surface area contributed by atoms with E-state index in [1.165, 1.54) is 19.2 Å². The van der Waals surface area contributed by atoms with Crippen molar-refractivity contribution in [3.63, 3.8) is 0 Å². The van der Waals surface area contributed by atoms with Crippen LogP contribution in [0, 0.1) is 0 Å². The van der Waals surface area contributed by atoms with E-state index in [1.54, 1.807) is 62.4 Å². The van der Waals surface area contributed by atoms with Crippen LogP contribution < -0.4 is 20.1 Å². The molecule has 0 atom stereocenters. The number of nitrogens with one attached hydrogen (secondary N) is 3. The number of ether oxygens (including phenoxy) is 1. The molecule has 0 aromatic heterocycles. The number of urea groups is 1. The van der Waals surface area contributed by atoms with Gasteiger partial charge in [0.25, 0.3) is 15.9 Å². The fourth-order valence-electron chi connectivity index (χ4n) is 3.54. The molecule has 190 valence electrons. The molecule has 3 aromatic carbocycles. The molecule has 0 radical (unpaired) electrons. The van der Waals surface area contributed by atoms with Crippen molar-refractivity contribution in [1.82, 2.24) is 15.4 Å². The van der Waals surface area contributed by atoms with Crippen molar-refractivity contribution in [3.05, 3.63) is 82.9 Å². The molecule has 0 heterocycles. The summed E-state index contributed by atoms with van der Waals surface area (Å²) in [6.07, 6.45) is 0.352. The molecule has 0 aliphatic carbocycles. The van der Waals surface area contributed by atoms with Gasteiger partial charge < -0.3 is 15.4 Å². The minimum absolute atomic E-state index is 0.0343. The Balaban J connectivity index is 1.84. The van der Waals surface area contributed by atoms with Gasteiger partial charge in [0.2, 0.25) is 0 Å². The summed E-state index contributed by atoms with van der Waals surface area (Å²) in [5.41, 5.74) is 2.11. The first-order chi connectivity index (χ1) is 17.1. The van der Waals surface area contributed by atoms with Crippen LogP contribution in [0.5, 0.6) is 5.75 Å². The van der Waals surface area contributed by atoms with Gasteiger partial charge in [-0.05, 0) is 55.7 Å². The first kappa shape index (κ1) is 27.0. The summed E-state index contributed by atoms with van der Waals surface area (Å²) in [4.78, 5) is 24.8. The molecule has 0 fully saturated rings. The number of halogens is 1. The average molecular weight is 530 g/mol. The minimum atomic E-state index is -4.19. The highest BCUT2D eigenvalue weighted by Crippen LogP contribution is 2.28. The number of hydrogen-bond donors (Lipinski definition) is 3. The smallest absolute Gasteiger partial charge is 0.328 e. The van der Waals surface area contributed by atoms with Gasteiger partial charge in [-0.1, -0.05) is 54.1 Å². The molecular weight excluding hydrogens is 502 g/mol. The van der Waals surface area contributed by atoms with Crippen LogP contribution in [0.1, 0.15) is 29.8 Å². The summed E-state index contributed by atoms with van der Waals surface area (Å²) in [5, 5.41) is 5.73. The Kier molecular flexibility index (Phi) is 8.95. The summed E-state index contributed by atoms with van der Waals surface area (Å²) in [7, 11) is -2.72. The van der Waals surface area contributed by atoms with E-state index in [9.17, 15) is 18.0 Å². The maximum atomic E-state index is 13.2. The van der Waals surface area contributed by atoms with Crippen molar-refractivity contribution in [3.8, 4) is 16.9 Å². The average Bonchev–Trinajstić information content (AvgIpc) is 2.83. The number of hydrogen-bond acceptors (Lipinski definition) is 5. The van der Waals surface area contributed by atoms with Gasteiger partial charge in [-0.15, -0.1) is 0 Å². The third-order valence-electron chi connectivity index (χ3n) is 5.17. The normalized spacial score (nSPS) is 11.1. The predicted octanol–water partition coefficient (Wildman–Crippen LogP) is 4.38. The van der Waals surface area contributed by atoms with Gasteiger partial charge in [0.1, 0.15) is 5.75 Å². The summed E-state index contributed by atoms with van der Waals surface area (Å²) in [6.45, 7) is 3.70. The first-order valence-electron chi connectivity index (χ1n) is 11.2. The quantitative estimate of drug-likeness (QED) is 0.380. The third kappa shape index (κ3) is 6.99. The Morgan fingerprint density at radius 1 is 1.00 bits per heavy atom. The minimum Gasteiger partial charge on any atom is -0.496 e. The molecule has 10 heteroatoms. The van der Waals surface area contributed by atoms with E-state index in [0.717, 1.165) is 0 Å². The van der Waals surface area contributed by atoms with Crippen LogP contribution in [0.3, 0.4) is 0 Å². The van der Waals surface area contributed by atoms with E-state index in [1.807, 2.05) is 6.07 Å². The van der Waals surface area contributed by atoms with Crippen molar-refractivity contribution in [2.24, 2.45) is 0 Å². The number of amides is 3. The zero-order valence-electron chi connectivity index (χ0n) is 20.2. The third-order valence-corrected chi connectivity index (χ3v) is 6.78. The SMILES string of the molecule is COc1ccc(Cl)cc1C(=O)NCCc1ccc(-c2ccccc2)c(S(=O)(=O)NC(=O)NC(C)C)c1. The number of sulfonamides is 1. The van der Waals surface area contributed by atoms with Crippen LogP contribution >= 0.6 is 11.6 Å². The van der Waals surface area contributed by atoms with Gasteiger partial charge in [-0.2, -0.15) is 0 Å². The second-order valence-corrected chi connectivity index (χ2v) is 10.4. The summed E-state index contributed by atoms with van der Waals surface area (Å²) >= 11 is 6.01. The zero-order chi connectivity index (χ0) is 26.3. The van der Waals surface area contributed by atoms with E-state index in [-0.39, 0.29) is 23.4 Å². The summed E-state index contributed by atoms with van der Waals surface area (Å²) in [6, 6.07) is 17.7. The number of rotatable bonds is 9. The number of carbonyl (C=O) groups excluding carboxylic acids is 2. The zero-order valence-corrected chi connectivity index (χ0v) is 21.7. The molecule has 0 spiro atoms. The van der Waals surface area contributed by atoms with Crippen molar-refractivity contribution < 1.29 is 22.7 Å². The lowest BCUT2D eigenvalue weighted by atomic mass is 10.0. The van der Waals surface area contributed by atoms with Crippen LogP contribution in [0.4, 0.5) is 4.79 Å². The Hall–Kier alpha value is -3.56. The van der Waals surface area contributed by atoms with Crippen LogP contribution in [0.15, 0.2) is 71.6 Å². The van der Waals surface area contributed by atoms with E-state index in [0.29, 0.717) is 39.4 Å². The molecule has 0 aliphatic heterocycles. The summed E-state index contributed by atoms with van der Waals surface area (Å²) < 4.78 is 33.6. The van der Waals surface area contributed by atoms with Gasteiger partial charge in [0.05, 0.1) is 17.6 Å². The second-order valence-electron chi connectivity index (χ2n) is 8.28. The standard InChI is InChI=1S/C26H28ClN3O5S/c1-17(2)29-26(32)30-36(33,34)24-15-18(9-11-21(24)19-7-5-4-6-8-19)13-14-28-25(31)22-16-20(27)10-12-23(22)35-3/h4-12,15-17H,13-14H2,1-3H3,(H,28,31)(H2,29,30,32). The highest BCUT2D eigenvalue weighted by atomic mass is 35.5. The molecule has 0 unspecified atom stereocenters. The molecule has 0 saturated heterocycles. The number of benzene rings is 3. The van der Waals surface area contributed by atoms with Crippen LogP contribution in [-0.4, -0.2) is 40.1 Å². The van der Waals surface area contributed by atoms with Crippen molar-refractivity contribution in [1.29, 1.82) is 0 Å². The molecule has 3 aromatic rings. The Morgan fingerprint density at radius 2 is 1.72 bits per heavy atom. The van der Waals surface area contributed by atoms with Crippen LogP contribution in [0.25, 0.3) is 11.1 Å². The molecule has 36 heavy (non-hydrogen) atoms. The van der Waals surface area contributed by atoms with E-state index in [4.69, 9.17) is 16.3 Å². The fraction of sp³-hybridized carbons (Fsp3) is 0.231. The topological polar surface area (TPSA) is 114 Å². The highest BCUT2D eigenvalue weighted by molar-refractivity contribution is 7.90. The largest absolute Gasteiger partial charge is 0.496 e. The van der Waals surface area contributed by atoms with Crippen molar-refractivity contribution in [2.45, 2.75) is 31.2 Å². The monoisotopic (exact) mass is 529 g/mol. The molecule has 3 rings (SSSR count). The molecular formula is C26H28ClN3O5S. The van der Waals surface area contributed by atoms with Crippen molar-refractivity contribution in [2.75, 3.05) is 13.7 Å². The van der Waals surface area contributed by atoms with E-state index >= 15 is 0 Å². The number of carbonyl (C=O) groups is 2. The van der Waals surface area contributed by atoms with Crippen molar-refractivity contribution >= 4 is 33.6 Å². The van der Waals surface area contributed by atoms with Crippen LogP contribution in [-0.2, 0) is 16.4 Å². The predicted molar refractivity (Wildman–Crippen MR) is 140 cm³/mol. The van der Waals surface area contributed by atoms with E-state index in [2.05, 4.69) is 15.4 Å². The van der Waals surface area contributed by atoms with Gasteiger partial charge >= 0.3 is 6.03 Å². The molecule has 0 bridgehead atoms. The Morgan fingerprint density at radius 3 is 2.39 bits per heavy atom. The molecule has 8 nitrogen and oxygen atoms in total. The van der Waals surface area contributed by atoms with E-state index < -0.39 is 16.1 Å². The number of methoxy groups -OCH3 is 1. The maximum Gasteiger partial charge on any atom is 0.328 e. The highest BCUT2D eigenvalue weighted by Gasteiger charge is 2.23. The Bertz CT molecular complexity index is 1340. The summed E-state index contributed by atoms with van der Waals surface area (Å²) in [5.74, 6) is 0.0263. The second kappa shape index (κ2) is 11.9. The van der Waals surface area contributed by atoms with Gasteiger partial charge in [0.15, 0.2) is 0 Å². The maximum absolute atomic E-state index is 13.2. The molecule has 3 N–H and O–H groups in total. The van der Waals surface area contributed by atoms with Crippen LogP contribution in [0.2, 0.25) is 5.02 Å². The lowest BCUT2D eigenvalue weighted by Crippen LogP contribution is -2.42. The van der Waals surface area contributed by atoms with Gasteiger partial charge in [-0.3, -0.25) is 4.79 Å². The molecule has 0 saturated carbocycles. The van der Waals surface area contributed by atoms with Gasteiger partial charge in [-0.25, -0.2) is 17.9 Å². The lowest BCUT2D eigenvalue weighted by Gasteiger charge is -2.15. The molecule has 0 aliphatic rings. The first-order valence-corrected chi connectivity index (χ1v) is 13.1. The Labute approximate surface area is 216 Å². The molecule has 3 amide bonds.